The molecular formula is C10H30N4O5. The summed E-state index contributed by atoms with van der Waals surface area (Å²) in [4.78, 5) is 9.87. The molecule has 0 heterocycles. The summed E-state index contributed by atoms with van der Waals surface area (Å²) < 4.78 is 0. The van der Waals surface area contributed by atoms with Crippen LogP contribution in [0.3, 0.4) is 0 Å². The maximum Gasteiger partial charge on any atom is 0.320 e. The molecule has 120 valence electrons. The van der Waals surface area contributed by atoms with Crippen molar-refractivity contribution in [1.82, 2.24) is 5.32 Å². The Morgan fingerprint density at radius 2 is 1.21 bits per heavy atom. The summed E-state index contributed by atoms with van der Waals surface area (Å²) in [6.07, 6.45) is 0. The van der Waals surface area contributed by atoms with E-state index in [1.165, 1.54) is 0 Å². The van der Waals surface area contributed by atoms with E-state index in [2.05, 4.69) is 5.32 Å². The van der Waals surface area contributed by atoms with Gasteiger partial charge in [0.2, 0.25) is 0 Å². The van der Waals surface area contributed by atoms with Gasteiger partial charge in [0.15, 0.2) is 0 Å². The van der Waals surface area contributed by atoms with Gasteiger partial charge in [0.25, 0.3) is 0 Å². The number of nitrogens with two attached hydrogens (primary N) is 3. The van der Waals surface area contributed by atoms with Crippen LogP contribution in [0.25, 0.3) is 0 Å². The zero-order chi connectivity index (χ0) is 16.1. The van der Waals surface area contributed by atoms with E-state index < -0.39 is 12.0 Å². The van der Waals surface area contributed by atoms with Crippen molar-refractivity contribution < 1.29 is 25.2 Å². The van der Waals surface area contributed by atoms with Crippen LogP contribution in [0.5, 0.6) is 0 Å². The summed E-state index contributed by atoms with van der Waals surface area (Å²) in [6, 6.07) is -0.431. The van der Waals surface area contributed by atoms with Crippen LogP contribution in [-0.2, 0) is 4.79 Å². The van der Waals surface area contributed by atoms with Gasteiger partial charge in [-0.3, -0.25) is 4.79 Å². The highest BCUT2D eigenvalue weighted by Crippen LogP contribution is 1.74. The van der Waals surface area contributed by atoms with E-state index in [9.17, 15) is 4.79 Å². The molecule has 1 atom stereocenters. The number of aliphatic carboxylic acids is 1. The number of carboxylic acid groups (broad SMARTS) is 1. The Bertz CT molecular complexity index is 136. The Hall–Kier alpha value is -0.810. The monoisotopic (exact) mass is 286 g/mol. The van der Waals surface area contributed by atoms with Crippen LogP contribution in [-0.4, -0.2) is 78.9 Å². The molecular weight excluding hydrogens is 256 g/mol. The molecule has 0 fully saturated rings. The molecule has 0 amide bonds. The van der Waals surface area contributed by atoms with Crippen LogP contribution in [0, 0.1) is 0 Å². The molecule has 0 aliphatic heterocycles. The van der Waals surface area contributed by atoms with Gasteiger partial charge in [-0.2, -0.15) is 0 Å². The maximum absolute atomic E-state index is 9.87. The van der Waals surface area contributed by atoms with Crippen LogP contribution in [0.1, 0.15) is 6.92 Å². The van der Waals surface area contributed by atoms with Gasteiger partial charge in [-0.1, -0.05) is 0 Å². The van der Waals surface area contributed by atoms with Crippen molar-refractivity contribution in [2.24, 2.45) is 17.2 Å². The fourth-order valence-corrected chi connectivity index (χ4v) is 0.123. The standard InChI is InChI=1S/C4H9NO2.3C2H7NO/c1-3(5-2)4(6)7;3*3-1-2-4/h3,5H,1-2H3,(H,6,7);3*4H,1-3H2. The fraction of sp³-hybridized carbons (Fsp3) is 0.900. The van der Waals surface area contributed by atoms with Crippen molar-refractivity contribution in [3.05, 3.63) is 0 Å². The van der Waals surface area contributed by atoms with Crippen molar-refractivity contribution >= 4 is 5.97 Å². The Morgan fingerprint density at radius 3 is 1.21 bits per heavy atom. The van der Waals surface area contributed by atoms with Crippen LogP contribution in [0.4, 0.5) is 0 Å². The molecule has 0 saturated heterocycles. The summed E-state index contributed by atoms with van der Waals surface area (Å²) in [7, 11) is 1.61. The second kappa shape index (κ2) is 30.3. The normalized spacial score (nSPS) is 9.68. The number of carbonyl (C=O) groups is 1. The van der Waals surface area contributed by atoms with Gasteiger partial charge in [0.1, 0.15) is 6.04 Å². The second-order valence-electron chi connectivity index (χ2n) is 2.89. The first kappa shape index (κ1) is 26.7. The SMILES string of the molecule is CNC(C)C(=O)O.NCCO.NCCO.NCCO. The number of aliphatic hydroxyl groups excluding tert-OH is 3. The predicted molar refractivity (Wildman–Crippen MR) is 74.6 cm³/mol. The lowest BCUT2D eigenvalue weighted by atomic mass is 10.4. The largest absolute Gasteiger partial charge is 0.480 e. The molecule has 11 N–H and O–H groups in total. The van der Waals surface area contributed by atoms with Crippen molar-refractivity contribution in [3.63, 3.8) is 0 Å². The lowest BCUT2D eigenvalue weighted by molar-refractivity contribution is -0.138. The lowest BCUT2D eigenvalue weighted by Crippen LogP contribution is -2.29. The molecule has 0 aliphatic rings. The highest BCUT2D eigenvalue weighted by atomic mass is 16.4. The Kier molecular flexibility index (Phi) is 42.6. The molecule has 0 bridgehead atoms. The minimum absolute atomic E-state index is 0.0972. The summed E-state index contributed by atoms with van der Waals surface area (Å²) in [5.41, 5.74) is 14.3. The third-order valence-corrected chi connectivity index (χ3v) is 1.19. The summed E-state index contributed by atoms with van der Waals surface area (Å²) in [6.45, 7) is 3.00. The van der Waals surface area contributed by atoms with Gasteiger partial charge in [-0.15, -0.1) is 0 Å². The summed E-state index contributed by atoms with van der Waals surface area (Å²) >= 11 is 0. The molecule has 0 saturated carbocycles. The van der Waals surface area contributed by atoms with Crippen molar-refractivity contribution in [2.75, 3.05) is 46.5 Å². The molecule has 0 aromatic rings. The highest BCUT2D eigenvalue weighted by molar-refractivity contribution is 5.72. The van der Waals surface area contributed by atoms with Crippen LogP contribution >= 0.6 is 0 Å². The number of hydrogen-bond acceptors (Lipinski definition) is 8. The van der Waals surface area contributed by atoms with Gasteiger partial charge in [0, 0.05) is 19.6 Å². The molecule has 0 aromatic carbocycles. The van der Waals surface area contributed by atoms with Crippen LogP contribution in [0.15, 0.2) is 0 Å². The lowest BCUT2D eigenvalue weighted by Gasteiger charge is -1.99. The minimum atomic E-state index is -0.817. The van der Waals surface area contributed by atoms with Gasteiger partial charge in [-0.05, 0) is 14.0 Å². The molecule has 0 spiro atoms. The Labute approximate surface area is 114 Å². The number of likely N-dealkylation sites (N-methyl/N-ethyl adjacent to an activating group) is 1. The van der Waals surface area contributed by atoms with Crippen molar-refractivity contribution in [1.29, 1.82) is 0 Å². The van der Waals surface area contributed by atoms with E-state index in [0.29, 0.717) is 19.6 Å². The molecule has 1 unspecified atom stereocenters. The number of carboxylic acids is 1. The van der Waals surface area contributed by atoms with E-state index in [1.807, 2.05) is 0 Å². The molecule has 9 nitrogen and oxygen atoms in total. The van der Waals surface area contributed by atoms with Gasteiger partial charge < -0.3 is 42.9 Å². The first-order valence-electron chi connectivity index (χ1n) is 5.76. The van der Waals surface area contributed by atoms with Gasteiger partial charge in [0.05, 0.1) is 19.8 Å². The second-order valence-corrected chi connectivity index (χ2v) is 2.89. The third kappa shape index (κ3) is 59.1. The molecule has 19 heavy (non-hydrogen) atoms. The maximum atomic E-state index is 9.87. The van der Waals surface area contributed by atoms with E-state index in [1.54, 1.807) is 14.0 Å². The fourth-order valence-electron chi connectivity index (χ4n) is 0.123. The number of rotatable bonds is 5. The van der Waals surface area contributed by atoms with E-state index in [0.717, 1.165) is 0 Å². The van der Waals surface area contributed by atoms with Crippen molar-refractivity contribution in [3.8, 4) is 0 Å². The topological polar surface area (TPSA) is 188 Å². The first-order valence-corrected chi connectivity index (χ1v) is 5.76. The first-order chi connectivity index (χ1) is 8.92. The third-order valence-electron chi connectivity index (χ3n) is 1.19. The molecule has 0 radical (unpaired) electrons. The van der Waals surface area contributed by atoms with Crippen LogP contribution < -0.4 is 22.5 Å². The van der Waals surface area contributed by atoms with E-state index in [4.69, 9.17) is 37.6 Å². The smallest absolute Gasteiger partial charge is 0.320 e. The quantitative estimate of drug-likeness (QED) is 0.253. The van der Waals surface area contributed by atoms with Gasteiger partial charge >= 0.3 is 5.97 Å². The number of aliphatic hydroxyl groups is 3. The average molecular weight is 286 g/mol. The van der Waals surface area contributed by atoms with Crippen molar-refractivity contribution in [2.45, 2.75) is 13.0 Å². The number of hydrogen-bond donors (Lipinski definition) is 8. The van der Waals surface area contributed by atoms with Crippen LogP contribution in [0.2, 0.25) is 0 Å². The predicted octanol–water partition coefficient (Wildman–Crippen LogP) is -3.51. The molecule has 0 aliphatic carbocycles. The molecule has 0 rings (SSSR count). The summed E-state index contributed by atoms with van der Waals surface area (Å²) in [5, 5.41) is 33.9. The van der Waals surface area contributed by atoms with Gasteiger partial charge in [-0.25, -0.2) is 0 Å². The number of nitrogens with one attached hydrogen (secondary N) is 1. The highest BCUT2D eigenvalue weighted by Gasteiger charge is 2.04. The van der Waals surface area contributed by atoms with E-state index >= 15 is 0 Å². The minimum Gasteiger partial charge on any atom is -0.480 e. The zero-order valence-corrected chi connectivity index (χ0v) is 11.7. The molecule has 0 aromatic heterocycles. The van der Waals surface area contributed by atoms with E-state index in [-0.39, 0.29) is 19.8 Å². The Balaban J connectivity index is -0.0000000825. The zero-order valence-electron chi connectivity index (χ0n) is 11.7. The summed E-state index contributed by atoms with van der Waals surface area (Å²) in [5.74, 6) is -0.817. The molecule has 9 heteroatoms. The Morgan fingerprint density at radius 1 is 1.00 bits per heavy atom. The average Bonchev–Trinajstić information content (AvgIpc) is 2.46.